The lowest BCUT2D eigenvalue weighted by atomic mass is 10.2. The van der Waals surface area contributed by atoms with Crippen LogP contribution in [0.5, 0.6) is 17.2 Å². The van der Waals surface area contributed by atoms with Gasteiger partial charge in [0.25, 0.3) is 5.69 Å². The van der Waals surface area contributed by atoms with E-state index in [-0.39, 0.29) is 22.8 Å². The van der Waals surface area contributed by atoms with Crippen molar-refractivity contribution in [2.75, 3.05) is 12.4 Å². The van der Waals surface area contributed by atoms with Crippen molar-refractivity contribution in [3.63, 3.8) is 0 Å². The standard InChI is InChI=1S/C21H18ClF3N4O5/c1-11-18(22)19(21(23,24)25)27-28(11)12(2)20(30)26-13-8-14(29(31)32)10-17(9-13)34-16-6-4-15(33-3)5-7-16/h4-10,12H,1-3H3,(H,26,30). The zero-order valence-electron chi connectivity index (χ0n) is 18.0. The average Bonchev–Trinajstić information content (AvgIpc) is 3.08. The van der Waals surface area contributed by atoms with Crippen LogP contribution in [-0.2, 0) is 11.0 Å². The van der Waals surface area contributed by atoms with Gasteiger partial charge in [0, 0.05) is 12.1 Å². The number of anilines is 1. The molecule has 1 heterocycles. The number of non-ortho nitro benzene ring substituents is 1. The third-order valence-electron chi connectivity index (χ3n) is 4.76. The highest BCUT2D eigenvalue weighted by atomic mass is 35.5. The Kier molecular flexibility index (Phi) is 7.01. The highest BCUT2D eigenvalue weighted by Crippen LogP contribution is 2.36. The first kappa shape index (κ1) is 24.8. The van der Waals surface area contributed by atoms with Crippen LogP contribution >= 0.6 is 11.6 Å². The van der Waals surface area contributed by atoms with E-state index in [9.17, 15) is 28.1 Å². The molecule has 180 valence electrons. The van der Waals surface area contributed by atoms with Crippen LogP contribution in [0.1, 0.15) is 24.4 Å². The lowest BCUT2D eigenvalue weighted by Crippen LogP contribution is -2.25. The van der Waals surface area contributed by atoms with Crippen LogP contribution in [0.4, 0.5) is 24.5 Å². The number of carbonyl (C=O) groups is 1. The molecule has 0 radical (unpaired) electrons. The number of ether oxygens (including phenoxy) is 2. The Morgan fingerprint density at radius 2 is 1.79 bits per heavy atom. The predicted molar refractivity (Wildman–Crippen MR) is 116 cm³/mol. The number of nitrogens with one attached hydrogen (secondary N) is 1. The van der Waals surface area contributed by atoms with Gasteiger partial charge in [-0.05, 0) is 38.1 Å². The molecule has 0 fully saturated rings. The average molecular weight is 499 g/mol. The van der Waals surface area contributed by atoms with Crippen molar-refractivity contribution in [3.05, 3.63) is 69.0 Å². The quantitative estimate of drug-likeness (QED) is 0.327. The summed E-state index contributed by atoms with van der Waals surface area (Å²) < 4.78 is 50.8. The van der Waals surface area contributed by atoms with Gasteiger partial charge in [0.15, 0.2) is 5.69 Å². The summed E-state index contributed by atoms with van der Waals surface area (Å²) in [6.45, 7) is 2.61. The second kappa shape index (κ2) is 9.59. The van der Waals surface area contributed by atoms with Crippen LogP contribution in [0.25, 0.3) is 0 Å². The number of carbonyl (C=O) groups excluding carboxylic acids is 1. The zero-order valence-corrected chi connectivity index (χ0v) is 18.8. The fourth-order valence-corrected chi connectivity index (χ4v) is 3.25. The van der Waals surface area contributed by atoms with Gasteiger partial charge in [-0.3, -0.25) is 19.6 Å². The summed E-state index contributed by atoms with van der Waals surface area (Å²) in [5.74, 6) is 0.219. The molecular weight excluding hydrogens is 481 g/mol. The van der Waals surface area contributed by atoms with Gasteiger partial charge in [0.2, 0.25) is 5.91 Å². The number of hydrogen-bond donors (Lipinski definition) is 1. The SMILES string of the molecule is COc1ccc(Oc2cc(NC(=O)C(C)n3nc(C(F)(F)F)c(Cl)c3C)cc([N+](=O)[O-])c2)cc1. The lowest BCUT2D eigenvalue weighted by molar-refractivity contribution is -0.384. The molecule has 1 aromatic heterocycles. The molecule has 0 aliphatic rings. The Balaban J connectivity index is 1.86. The largest absolute Gasteiger partial charge is 0.497 e. The number of halogens is 4. The van der Waals surface area contributed by atoms with E-state index < -0.39 is 33.8 Å². The van der Waals surface area contributed by atoms with Crippen molar-refractivity contribution in [3.8, 4) is 17.2 Å². The van der Waals surface area contributed by atoms with Crippen LogP contribution in [-0.4, -0.2) is 27.7 Å². The maximum Gasteiger partial charge on any atom is 0.436 e. The molecule has 9 nitrogen and oxygen atoms in total. The molecule has 1 N–H and O–H groups in total. The highest BCUT2D eigenvalue weighted by Gasteiger charge is 2.39. The van der Waals surface area contributed by atoms with Gasteiger partial charge < -0.3 is 14.8 Å². The van der Waals surface area contributed by atoms with E-state index in [4.69, 9.17) is 21.1 Å². The number of hydrogen-bond acceptors (Lipinski definition) is 6. The molecule has 0 aliphatic heterocycles. The summed E-state index contributed by atoms with van der Waals surface area (Å²) in [4.78, 5) is 23.4. The summed E-state index contributed by atoms with van der Waals surface area (Å²) >= 11 is 5.75. The second-order valence-corrected chi connectivity index (χ2v) is 7.48. The topological polar surface area (TPSA) is 109 Å². The van der Waals surface area contributed by atoms with Gasteiger partial charge in [-0.15, -0.1) is 0 Å². The number of nitro groups is 1. The van der Waals surface area contributed by atoms with Crippen LogP contribution in [0, 0.1) is 17.0 Å². The van der Waals surface area contributed by atoms with E-state index in [0.29, 0.717) is 11.5 Å². The number of aromatic nitrogens is 2. The fourth-order valence-electron chi connectivity index (χ4n) is 3.01. The number of methoxy groups -OCH3 is 1. The monoisotopic (exact) mass is 498 g/mol. The third-order valence-corrected chi connectivity index (χ3v) is 5.21. The highest BCUT2D eigenvalue weighted by molar-refractivity contribution is 6.32. The molecule has 0 spiro atoms. The molecule has 0 saturated heterocycles. The fraction of sp³-hybridized carbons (Fsp3) is 0.238. The van der Waals surface area contributed by atoms with Crippen molar-refractivity contribution in [2.24, 2.45) is 0 Å². The molecule has 0 bridgehead atoms. The minimum Gasteiger partial charge on any atom is -0.497 e. The zero-order chi connectivity index (χ0) is 25.2. The Bertz CT molecular complexity index is 1230. The number of alkyl halides is 3. The van der Waals surface area contributed by atoms with Crippen molar-refractivity contribution < 1.29 is 32.4 Å². The van der Waals surface area contributed by atoms with Crippen molar-refractivity contribution in [1.29, 1.82) is 0 Å². The van der Waals surface area contributed by atoms with E-state index in [1.54, 1.807) is 24.3 Å². The maximum absolute atomic E-state index is 13.1. The Hall–Kier alpha value is -3.80. The number of nitrogens with zero attached hydrogens (tertiary/aromatic N) is 3. The van der Waals surface area contributed by atoms with E-state index in [0.717, 1.165) is 16.8 Å². The van der Waals surface area contributed by atoms with Crippen LogP contribution < -0.4 is 14.8 Å². The van der Waals surface area contributed by atoms with Crippen LogP contribution in [0.15, 0.2) is 42.5 Å². The first-order valence-corrected chi connectivity index (χ1v) is 10.0. The van der Waals surface area contributed by atoms with E-state index in [1.165, 1.54) is 27.0 Å². The molecule has 0 saturated carbocycles. The Labute approximate surface area is 196 Å². The van der Waals surface area contributed by atoms with Crippen LogP contribution in [0.2, 0.25) is 5.02 Å². The van der Waals surface area contributed by atoms with E-state index in [2.05, 4.69) is 10.4 Å². The summed E-state index contributed by atoms with van der Waals surface area (Å²) in [5, 5.41) is 16.6. The van der Waals surface area contributed by atoms with Gasteiger partial charge in [-0.2, -0.15) is 18.3 Å². The molecule has 34 heavy (non-hydrogen) atoms. The minimum atomic E-state index is -4.79. The number of amides is 1. The number of benzene rings is 2. The van der Waals surface area contributed by atoms with E-state index >= 15 is 0 Å². The predicted octanol–water partition coefficient (Wildman–Crippen LogP) is 5.77. The second-order valence-electron chi connectivity index (χ2n) is 7.11. The normalized spacial score (nSPS) is 12.2. The van der Waals surface area contributed by atoms with Gasteiger partial charge in [-0.1, -0.05) is 11.6 Å². The van der Waals surface area contributed by atoms with Crippen molar-refractivity contribution >= 4 is 28.9 Å². The summed E-state index contributed by atoms with van der Waals surface area (Å²) in [5.41, 5.74) is -1.73. The lowest BCUT2D eigenvalue weighted by Gasteiger charge is -2.15. The number of nitro benzene ring substituents is 1. The molecule has 1 amide bonds. The summed E-state index contributed by atoms with van der Waals surface area (Å²) in [7, 11) is 1.50. The minimum absolute atomic E-state index is 0.00140. The smallest absolute Gasteiger partial charge is 0.436 e. The first-order valence-electron chi connectivity index (χ1n) is 9.64. The molecule has 13 heteroatoms. The molecule has 3 aromatic rings. The van der Waals surface area contributed by atoms with E-state index in [1.807, 2.05) is 0 Å². The molecule has 2 aromatic carbocycles. The van der Waals surface area contributed by atoms with Gasteiger partial charge in [0.05, 0.1) is 34.5 Å². The van der Waals surface area contributed by atoms with Crippen molar-refractivity contribution in [1.82, 2.24) is 9.78 Å². The molecule has 0 aliphatic carbocycles. The molecule has 1 atom stereocenters. The summed E-state index contributed by atoms with van der Waals surface area (Å²) in [6, 6.07) is 8.81. The van der Waals surface area contributed by atoms with Gasteiger partial charge in [0.1, 0.15) is 23.3 Å². The number of rotatable bonds is 7. The maximum atomic E-state index is 13.1. The molecule has 3 rings (SSSR count). The van der Waals surface area contributed by atoms with Crippen LogP contribution in [0.3, 0.4) is 0 Å². The first-order chi connectivity index (χ1) is 15.9. The Morgan fingerprint density at radius 3 is 2.32 bits per heavy atom. The third kappa shape index (κ3) is 5.39. The summed E-state index contributed by atoms with van der Waals surface area (Å²) in [6.07, 6.45) is -4.79. The van der Waals surface area contributed by atoms with Gasteiger partial charge >= 0.3 is 6.18 Å². The molecule has 1 unspecified atom stereocenters. The van der Waals surface area contributed by atoms with Crippen molar-refractivity contribution in [2.45, 2.75) is 26.1 Å². The Morgan fingerprint density at radius 1 is 1.18 bits per heavy atom. The van der Waals surface area contributed by atoms with Gasteiger partial charge in [-0.25, -0.2) is 0 Å². The molecular formula is C21H18ClF3N4O5.